The van der Waals surface area contributed by atoms with Crippen molar-refractivity contribution in [3.8, 4) is 11.3 Å². The van der Waals surface area contributed by atoms with Crippen molar-refractivity contribution in [3.05, 3.63) is 47.2 Å². The van der Waals surface area contributed by atoms with Crippen LogP contribution in [0.4, 0.5) is 0 Å². The Morgan fingerprint density at radius 1 is 1.13 bits per heavy atom. The van der Waals surface area contributed by atoms with Gasteiger partial charge in [0.1, 0.15) is 5.76 Å². The molecule has 0 spiro atoms. The number of hydrogen-bond donors (Lipinski definition) is 2. The molecule has 120 valence electrons. The van der Waals surface area contributed by atoms with Crippen LogP contribution in [0, 0.1) is 0 Å². The first-order valence-electron chi connectivity index (χ1n) is 8.10. The van der Waals surface area contributed by atoms with Gasteiger partial charge < -0.3 is 15.1 Å². The first kappa shape index (κ1) is 14.8. The third-order valence-corrected chi connectivity index (χ3v) is 5.11. The normalized spacial score (nSPS) is 26.2. The summed E-state index contributed by atoms with van der Waals surface area (Å²) in [5, 5.41) is 7.30. The third-order valence-electron chi connectivity index (χ3n) is 4.78. The summed E-state index contributed by atoms with van der Waals surface area (Å²) >= 11 is 6.17. The maximum Gasteiger partial charge on any atom is 0.287 e. The molecular formula is C18H19ClN2O2. The first-order valence-corrected chi connectivity index (χ1v) is 8.48. The van der Waals surface area contributed by atoms with Crippen molar-refractivity contribution in [1.29, 1.82) is 0 Å². The molecule has 0 saturated carbocycles. The van der Waals surface area contributed by atoms with E-state index in [1.807, 2.05) is 24.3 Å². The van der Waals surface area contributed by atoms with Gasteiger partial charge in [0.05, 0.1) is 5.02 Å². The Morgan fingerprint density at radius 2 is 1.87 bits per heavy atom. The quantitative estimate of drug-likeness (QED) is 0.904. The van der Waals surface area contributed by atoms with Crippen LogP contribution < -0.4 is 10.6 Å². The zero-order valence-electron chi connectivity index (χ0n) is 12.7. The summed E-state index contributed by atoms with van der Waals surface area (Å²) in [6.45, 7) is 0. The second-order valence-electron chi connectivity index (χ2n) is 6.42. The fourth-order valence-electron chi connectivity index (χ4n) is 3.70. The van der Waals surface area contributed by atoms with E-state index in [2.05, 4.69) is 10.6 Å². The van der Waals surface area contributed by atoms with Gasteiger partial charge in [-0.3, -0.25) is 4.79 Å². The monoisotopic (exact) mass is 330 g/mol. The number of halogens is 1. The average Bonchev–Trinajstić information content (AvgIpc) is 3.15. The molecule has 2 unspecified atom stereocenters. The maximum atomic E-state index is 12.4. The van der Waals surface area contributed by atoms with Crippen molar-refractivity contribution < 1.29 is 9.21 Å². The van der Waals surface area contributed by atoms with E-state index in [0.717, 1.165) is 18.4 Å². The van der Waals surface area contributed by atoms with Crippen LogP contribution in [0.3, 0.4) is 0 Å². The zero-order valence-corrected chi connectivity index (χ0v) is 13.5. The largest absolute Gasteiger partial charge is 0.451 e. The Morgan fingerprint density at radius 3 is 2.61 bits per heavy atom. The van der Waals surface area contributed by atoms with Crippen LogP contribution in [0.15, 0.2) is 40.8 Å². The molecule has 3 heterocycles. The van der Waals surface area contributed by atoms with Crippen LogP contribution in [0.5, 0.6) is 0 Å². The fraction of sp³-hybridized carbons (Fsp3) is 0.389. The SMILES string of the molecule is O=C(NC1CC2CCC(C1)N2)c1ccc(-c2ccccc2Cl)o1. The number of piperidine rings is 1. The molecule has 0 aliphatic carbocycles. The second kappa shape index (κ2) is 6.02. The molecule has 2 aliphatic rings. The van der Waals surface area contributed by atoms with Gasteiger partial charge in [0, 0.05) is 23.7 Å². The van der Waals surface area contributed by atoms with Crippen molar-refractivity contribution in [2.75, 3.05) is 0 Å². The van der Waals surface area contributed by atoms with Gasteiger partial charge in [-0.2, -0.15) is 0 Å². The van der Waals surface area contributed by atoms with Crippen molar-refractivity contribution >= 4 is 17.5 Å². The highest BCUT2D eigenvalue weighted by Crippen LogP contribution is 2.30. The molecule has 2 saturated heterocycles. The van der Waals surface area contributed by atoms with Crippen LogP contribution in [-0.2, 0) is 0 Å². The molecule has 2 bridgehead atoms. The number of nitrogens with one attached hydrogen (secondary N) is 2. The third kappa shape index (κ3) is 3.01. The number of furan rings is 1. The summed E-state index contributed by atoms with van der Waals surface area (Å²) in [5.41, 5.74) is 0.799. The minimum Gasteiger partial charge on any atom is -0.451 e. The zero-order chi connectivity index (χ0) is 15.8. The minimum absolute atomic E-state index is 0.144. The molecule has 0 radical (unpaired) electrons. The summed E-state index contributed by atoms with van der Waals surface area (Å²) in [5.74, 6) is 0.812. The predicted octanol–water partition coefficient (Wildman–Crippen LogP) is 3.61. The number of benzene rings is 1. The standard InChI is InChI=1S/C18H19ClN2O2/c19-15-4-2-1-3-14(15)16-7-8-17(23-16)18(22)21-13-9-11-5-6-12(10-13)20-11/h1-4,7-8,11-13,20H,5-6,9-10H2,(H,21,22). The van der Waals surface area contributed by atoms with Gasteiger partial charge in [-0.25, -0.2) is 0 Å². The van der Waals surface area contributed by atoms with Gasteiger partial charge in [-0.05, 0) is 49.9 Å². The highest BCUT2D eigenvalue weighted by molar-refractivity contribution is 6.33. The average molecular weight is 331 g/mol. The molecule has 2 N–H and O–H groups in total. The molecule has 2 aliphatic heterocycles. The van der Waals surface area contributed by atoms with Crippen LogP contribution >= 0.6 is 11.6 Å². The van der Waals surface area contributed by atoms with Gasteiger partial charge in [0.25, 0.3) is 5.91 Å². The van der Waals surface area contributed by atoms with E-state index in [0.29, 0.717) is 28.6 Å². The summed E-state index contributed by atoms with van der Waals surface area (Å²) in [6, 6.07) is 12.3. The van der Waals surface area contributed by atoms with Gasteiger partial charge in [-0.1, -0.05) is 23.7 Å². The van der Waals surface area contributed by atoms with Crippen LogP contribution in [-0.4, -0.2) is 24.0 Å². The van der Waals surface area contributed by atoms with Crippen molar-refractivity contribution in [3.63, 3.8) is 0 Å². The van der Waals surface area contributed by atoms with Gasteiger partial charge in [0.15, 0.2) is 5.76 Å². The summed E-state index contributed by atoms with van der Waals surface area (Å²) in [4.78, 5) is 12.4. The number of fused-ring (bicyclic) bond motifs is 2. The van der Waals surface area contributed by atoms with E-state index in [-0.39, 0.29) is 11.9 Å². The fourth-order valence-corrected chi connectivity index (χ4v) is 3.93. The Balaban J connectivity index is 1.46. The lowest BCUT2D eigenvalue weighted by Gasteiger charge is -2.29. The highest BCUT2D eigenvalue weighted by atomic mass is 35.5. The highest BCUT2D eigenvalue weighted by Gasteiger charge is 2.34. The van der Waals surface area contributed by atoms with E-state index >= 15 is 0 Å². The van der Waals surface area contributed by atoms with Crippen molar-refractivity contribution in [1.82, 2.24) is 10.6 Å². The Hall–Kier alpha value is -1.78. The smallest absolute Gasteiger partial charge is 0.287 e. The van der Waals surface area contributed by atoms with E-state index in [1.54, 1.807) is 12.1 Å². The number of carbonyl (C=O) groups is 1. The first-order chi connectivity index (χ1) is 11.2. The Kier molecular flexibility index (Phi) is 3.87. The van der Waals surface area contributed by atoms with E-state index in [9.17, 15) is 4.79 Å². The topological polar surface area (TPSA) is 54.3 Å². The molecule has 1 aromatic heterocycles. The molecule has 2 atom stereocenters. The molecule has 1 amide bonds. The molecular weight excluding hydrogens is 312 g/mol. The van der Waals surface area contributed by atoms with E-state index < -0.39 is 0 Å². The number of rotatable bonds is 3. The van der Waals surface area contributed by atoms with Crippen molar-refractivity contribution in [2.24, 2.45) is 0 Å². The van der Waals surface area contributed by atoms with E-state index in [4.69, 9.17) is 16.0 Å². The van der Waals surface area contributed by atoms with Crippen LogP contribution in [0.25, 0.3) is 11.3 Å². The van der Waals surface area contributed by atoms with Gasteiger partial charge in [-0.15, -0.1) is 0 Å². The number of carbonyl (C=O) groups excluding carboxylic acids is 1. The van der Waals surface area contributed by atoms with Gasteiger partial charge in [0.2, 0.25) is 0 Å². The lowest BCUT2D eigenvalue weighted by molar-refractivity contribution is 0.0896. The lowest BCUT2D eigenvalue weighted by atomic mass is 10.00. The second-order valence-corrected chi connectivity index (χ2v) is 6.83. The number of hydrogen-bond acceptors (Lipinski definition) is 3. The molecule has 5 heteroatoms. The number of amides is 1. The molecule has 2 aromatic rings. The summed E-state index contributed by atoms with van der Waals surface area (Å²) < 4.78 is 5.71. The molecule has 4 nitrogen and oxygen atoms in total. The Labute approximate surface area is 140 Å². The lowest BCUT2D eigenvalue weighted by Crippen LogP contribution is -2.47. The maximum absolute atomic E-state index is 12.4. The molecule has 1 aromatic carbocycles. The van der Waals surface area contributed by atoms with Crippen LogP contribution in [0.1, 0.15) is 36.2 Å². The van der Waals surface area contributed by atoms with Crippen LogP contribution in [0.2, 0.25) is 5.02 Å². The molecule has 23 heavy (non-hydrogen) atoms. The summed E-state index contributed by atoms with van der Waals surface area (Å²) in [6.07, 6.45) is 4.43. The Bertz CT molecular complexity index is 715. The molecule has 4 rings (SSSR count). The predicted molar refractivity (Wildman–Crippen MR) is 89.6 cm³/mol. The minimum atomic E-state index is -0.144. The van der Waals surface area contributed by atoms with Crippen molar-refractivity contribution in [2.45, 2.75) is 43.8 Å². The summed E-state index contributed by atoms with van der Waals surface area (Å²) in [7, 11) is 0. The van der Waals surface area contributed by atoms with E-state index in [1.165, 1.54) is 12.8 Å². The molecule has 2 fully saturated rings. The van der Waals surface area contributed by atoms with Gasteiger partial charge >= 0.3 is 0 Å².